The molecule has 18 heavy (non-hydrogen) atoms. The van der Waals surface area contributed by atoms with Crippen LogP contribution in [0.15, 0.2) is 0 Å². The maximum atomic E-state index is 7.78. The predicted octanol–water partition coefficient (Wildman–Crippen LogP) is 1.76. The van der Waals surface area contributed by atoms with Crippen molar-refractivity contribution in [1.29, 1.82) is 5.41 Å². The monoisotopic (exact) mass is 247 g/mol. The normalized spacial score (nSPS) is 19.9. The number of hydrogen-bond donors (Lipinski definition) is 2. The van der Waals surface area contributed by atoms with Gasteiger partial charge in [-0.25, -0.2) is 0 Å². The first-order valence-electron chi connectivity index (χ1n) is 6.47. The van der Waals surface area contributed by atoms with Gasteiger partial charge in [-0.15, -0.1) is 5.10 Å². The smallest absolute Gasteiger partial charge is 0.162 e. The van der Waals surface area contributed by atoms with E-state index in [0.29, 0.717) is 6.04 Å². The fourth-order valence-corrected chi connectivity index (χ4v) is 2.53. The summed E-state index contributed by atoms with van der Waals surface area (Å²) in [5.74, 6) is 0.857. The third-order valence-corrected chi connectivity index (χ3v) is 3.78. The van der Waals surface area contributed by atoms with E-state index >= 15 is 0 Å². The maximum Gasteiger partial charge on any atom is 0.162 e. The average molecular weight is 247 g/mol. The molecule has 5 heteroatoms. The van der Waals surface area contributed by atoms with Crippen LogP contribution in [0.1, 0.15) is 43.0 Å². The number of nitrogens with two attached hydrogens (primary N) is 1. The fraction of sp³-hybridized carbons (Fsp3) is 0.615. The molecule has 98 valence electrons. The Labute approximate surface area is 108 Å². The van der Waals surface area contributed by atoms with Gasteiger partial charge in [-0.3, -0.25) is 5.41 Å². The SMILES string of the molecule is Cc1nnc(N2CCCCC2C)c(C(=N)N)c1C. The maximum absolute atomic E-state index is 7.78. The van der Waals surface area contributed by atoms with Crippen molar-refractivity contribution in [1.82, 2.24) is 10.2 Å². The van der Waals surface area contributed by atoms with E-state index in [4.69, 9.17) is 11.1 Å². The number of rotatable bonds is 2. The molecule has 3 N–H and O–H groups in total. The van der Waals surface area contributed by atoms with Gasteiger partial charge in [-0.05, 0) is 45.6 Å². The molecule has 1 aliphatic rings. The predicted molar refractivity (Wildman–Crippen MR) is 73.2 cm³/mol. The van der Waals surface area contributed by atoms with Crippen molar-refractivity contribution in [3.8, 4) is 0 Å². The van der Waals surface area contributed by atoms with Crippen LogP contribution in [0.25, 0.3) is 0 Å². The Morgan fingerprint density at radius 1 is 1.33 bits per heavy atom. The number of nitrogens with one attached hydrogen (secondary N) is 1. The van der Waals surface area contributed by atoms with Gasteiger partial charge in [-0.2, -0.15) is 5.10 Å². The van der Waals surface area contributed by atoms with E-state index in [0.717, 1.165) is 42.0 Å². The average Bonchev–Trinajstić information content (AvgIpc) is 2.33. The highest BCUT2D eigenvalue weighted by Gasteiger charge is 2.25. The highest BCUT2D eigenvalue weighted by atomic mass is 15.3. The van der Waals surface area contributed by atoms with E-state index in [1.54, 1.807) is 0 Å². The Morgan fingerprint density at radius 2 is 2.06 bits per heavy atom. The van der Waals surface area contributed by atoms with Crippen molar-refractivity contribution in [3.63, 3.8) is 0 Å². The van der Waals surface area contributed by atoms with Gasteiger partial charge in [0.25, 0.3) is 0 Å². The summed E-state index contributed by atoms with van der Waals surface area (Å²) in [7, 11) is 0. The largest absolute Gasteiger partial charge is 0.384 e. The standard InChI is InChI=1S/C13H21N5/c1-8-6-4-5-7-18(8)13-11(12(14)15)9(2)10(3)16-17-13/h8H,4-7H2,1-3H3,(H3,14,15). The second-order valence-corrected chi connectivity index (χ2v) is 5.06. The number of amidine groups is 1. The van der Waals surface area contributed by atoms with E-state index < -0.39 is 0 Å². The second-order valence-electron chi connectivity index (χ2n) is 5.06. The summed E-state index contributed by atoms with van der Waals surface area (Å²) in [6, 6.07) is 0.438. The van der Waals surface area contributed by atoms with Gasteiger partial charge < -0.3 is 10.6 Å². The molecule has 5 nitrogen and oxygen atoms in total. The zero-order chi connectivity index (χ0) is 13.3. The molecule has 0 aliphatic carbocycles. The Hall–Kier alpha value is -1.65. The van der Waals surface area contributed by atoms with Gasteiger partial charge in [-0.1, -0.05) is 0 Å². The highest BCUT2D eigenvalue weighted by Crippen LogP contribution is 2.27. The summed E-state index contributed by atoms with van der Waals surface area (Å²) in [5.41, 5.74) is 8.28. The Morgan fingerprint density at radius 3 is 2.67 bits per heavy atom. The molecule has 0 aromatic carbocycles. The van der Waals surface area contributed by atoms with Crippen molar-refractivity contribution >= 4 is 11.7 Å². The lowest BCUT2D eigenvalue weighted by Crippen LogP contribution is -2.40. The topological polar surface area (TPSA) is 78.9 Å². The van der Waals surface area contributed by atoms with Crippen molar-refractivity contribution in [2.24, 2.45) is 5.73 Å². The van der Waals surface area contributed by atoms with Crippen LogP contribution in [0, 0.1) is 19.3 Å². The number of nitrogens with zero attached hydrogens (tertiary/aromatic N) is 3. The van der Waals surface area contributed by atoms with Crippen LogP contribution < -0.4 is 10.6 Å². The first kappa shape index (κ1) is 12.8. The number of aryl methyl sites for hydroxylation is 1. The molecule has 1 atom stereocenters. The molecule has 1 saturated heterocycles. The molecular formula is C13H21N5. The summed E-state index contributed by atoms with van der Waals surface area (Å²) in [5, 5.41) is 16.3. The summed E-state index contributed by atoms with van der Waals surface area (Å²) in [4.78, 5) is 2.24. The van der Waals surface area contributed by atoms with Crippen molar-refractivity contribution < 1.29 is 0 Å². The van der Waals surface area contributed by atoms with Gasteiger partial charge in [0.2, 0.25) is 0 Å². The van der Waals surface area contributed by atoms with Gasteiger partial charge in [0.05, 0.1) is 11.3 Å². The van der Waals surface area contributed by atoms with Gasteiger partial charge in [0, 0.05) is 12.6 Å². The third kappa shape index (κ3) is 2.17. The molecule has 1 aromatic heterocycles. The Kier molecular flexibility index (Phi) is 3.50. The zero-order valence-corrected chi connectivity index (χ0v) is 11.3. The summed E-state index contributed by atoms with van der Waals surface area (Å²) >= 11 is 0. The first-order valence-corrected chi connectivity index (χ1v) is 6.47. The minimum atomic E-state index is 0.0817. The van der Waals surface area contributed by atoms with E-state index in [2.05, 4.69) is 22.0 Å². The number of aromatic nitrogens is 2. The molecule has 1 aliphatic heterocycles. The van der Waals surface area contributed by atoms with E-state index in [-0.39, 0.29) is 5.84 Å². The molecule has 2 heterocycles. The van der Waals surface area contributed by atoms with Crippen LogP contribution in [-0.2, 0) is 0 Å². The molecule has 1 aromatic rings. The van der Waals surface area contributed by atoms with E-state index in [1.165, 1.54) is 6.42 Å². The number of piperidine rings is 1. The quantitative estimate of drug-likeness (QED) is 0.616. The lowest BCUT2D eigenvalue weighted by molar-refractivity contribution is 0.479. The zero-order valence-electron chi connectivity index (χ0n) is 11.3. The molecule has 0 saturated carbocycles. The second kappa shape index (κ2) is 4.92. The van der Waals surface area contributed by atoms with Crippen LogP contribution in [0.3, 0.4) is 0 Å². The van der Waals surface area contributed by atoms with Crippen LogP contribution in [0.5, 0.6) is 0 Å². The Bertz CT molecular complexity index is 469. The molecule has 0 bridgehead atoms. The third-order valence-electron chi connectivity index (χ3n) is 3.78. The lowest BCUT2D eigenvalue weighted by atomic mass is 10.0. The minimum Gasteiger partial charge on any atom is -0.384 e. The first-order chi connectivity index (χ1) is 8.52. The number of hydrogen-bond acceptors (Lipinski definition) is 4. The molecule has 0 amide bonds. The fourth-order valence-electron chi connectivity index (χ4n) is 2.53. The molecule has 0 spiro atoms. The number of nitrogen functional groups attached to an aromatic ring is 1. The molecular weight excluding hydrogens is 226 g/mol. The Balaban J connectivity index is 2.49. The molecule has 1 unspecified atom stereocenters. The summed E-state index contributed by atoms with van der Waals surface area (Å²) in [6.45, 7) is 7.02. The van der Waals surface area contributed by atoms with Crippen LogP contribution >= 0.6 is 0 Å². The van der Waals surface area contributed by atoms with Gasteiger partial charge in [0.15, 0.2) is 5.82 Å². The highest BCUT2D eigenvalue weighted by molar-refractivity contribution is 6.01. The van der Waals surface area contributed by atoms with Gasteiger partial charge in [0.1, 0.15) is 5.84 Å². The molecule has 2 rings (SSSR count). The van der Waals surface area contributed by atoms with E-state index in [1.807, 2.05) is 13.8 Å². The minimum absolute atomic E-state index is 0.0817. The van der Waals surface area contributed by atoms with Crippen molar-refractivity contribution in [2.75, 3.05) is 11.4 Å². The molecule has 1 fully saturated rings. The lowest BCUT2D eigenvalue weighted by Gasteiger charge is -2.35. The number of anilines is 1. The van der Waals surface area contributed by atoms with E-state index in [9.17, 15) is 0 Å². The van der Waals surface area contributed by atoms with Crippen molar-refractivity contribution in [3.05, 3.63) is 16.8 Å². The summed E-state index contributed by atoms with van der Waals surface area (Å²) < 4.78 is 0. The van der Waals surface area contributed by atoms with Crippen LogP contribution in [0.2, 0.25) is 0 Å². The van der Waals surface area contributed by atoms with Crippen LogP contribution in [0.4, 0.5) is 5.82 Å². The molecule has 0 radical (unpaired) electrons. The van der Waals surface area contributed by atoms with Crippen molar-refractivity contribution in [2.45, 2.75) is 46.1 Å². The van der Waals surface area contributed by atoms with Crippen LogP contribution in [-0.4, -0.2) is 28.6 Å². The van der Waals surface area contributed by atoms with Gasteiger partial charge >= 0.3 is 0 Å². The summed E-state index contributed by atoms with van der Waals surface area (Å²) in [6.07, 6.45) is 3.58.